The molecule has 1 aromatic carbocycles. The Balaban J connectivity index is 1.55. The van der Waals surface area contributed by atoms with Crippen LogP contribution in [0.25, 0.3) is 0 Å². The number of rotatable bonds is 6. The van der Waals surface area contributed by atoms with Crippen LogP contribution in [0.2, 0.25) is 0 Å². The van der Waals surface area contributed by atoms with Crippen LogP contribution in [0.4, 0.5) is 5.82 Å². The normalized spacial score (nSPS) is 18.5. The lowest BCUT2D eigenvalue weighted by atomic mass is 9.83. The van der Waals surface area contributed by atoms with E-state index in [4.69, 9.17) is 14.2 Å². The Labute approximate surface area is 181 Å². The number of aromatic amines is 1. The summed E-state index contributed by atoms with van der Waals surface area (Å²) in [6.07, 6.45) is 0.325. The number of nitrogens with zero attached hydrogens (tertiary/aromatic N) is 2. The lowest BCUT2D eigenvalue weighted by molar-refractivity contribution is -0.137. The third-order valence-electron chi connectivity index (χ3n) is 5.71. The van der Waals surface area contributed by atoms with Crippen LogP contribution in [0.5, 0.6) is 11.5 Å². The second kappa shape index (κ2) is 8.97. The Kier molecular flexibility index (Phi) is 6.13. The Morgan fingerprint density at radius 3 is 2.77 bits per heavy atom. The van der Waals surface area contributed by atoms with Crippen LogP contribution in [-0.4, -0.2) is 66.9 Å². The number of fused-ring (bicyclic) bond motifs is 1. The number of nitrogens with one attached hydrogen (secondary N) is 2. The van der Waals surface area contributed by atoms with E-state index < -0.39 is 0 Å². The van der Waals surface area contributed by atoms with Crippen LogP contribution >= 0.6 is 0 Å². The molecule has 2 aliphatic heterocycles. The van der Waals surface area contributed by atoms with Gasteiger partial charge in [0.1, 0.15) is 0 Å². The highest BCUT2D eigenvalue weighted by Gasteiger charge is 2.32. The number of methoxy groups -OCH3 is 1. The summed E-state index contributed by atoms with van der Waals surface area (Å²) in [7, 11) is 1.56. The first-order valence-electron chi connectivity index (χ1n) is 10.5. The molecule has 1 aromatic heterocycles. The molecule has 1 saturated heterocycles. The van der Waals surface area contributed by atoms with E-state index in [0.717, 1.165) is 16.8 Å². The number of carbonyl (C=O) groups is 2. The van der Waals surface area contributed by atoms with E-state index in [1.54, 1.807) is 18.1 Å². The molecule has 2 aromatic rings. The van der Waals surface area contributed by atoms with E-state index in [-0.39, 0.29) is 30.3 Å². The predicted octanol–water partition coefficient (Wildman–Crippen LogP) is 2.25. The van der Waals surface area contributed by atoms with Gasteiger partial charge < -0.3 is 24.4 Å². The summed E-state index contributed by atoms with van der Waals surface area (Å²) in [5.74, 6) is 1.54. The van der Waals surface area contributed by atoms with Gasteiger partial charge in [-0.3, -0.25) is 14.7 Å². The second-order valence-electron chi connectivity index (χ2n) is 8.05. The number of H-pyrrole nitrogens is 1. The van der Waals surface area contributed by atoms with Crippen LogP contribution in [-0.2, 0) is 14.3 Å². The molecule has 1 atom stereocenters. The van der Waals surface area contributed by atoms with Crippen molar-refractivity contribution in [2.75, 3.05) is 45.3 Å². The Morgan fingerprint density at radius 2 is 2.06 bits per heavy atom. The van der Waals surface area contributed by atoms with Crippen molar-refractivity contribution in [1.29, 1.82) is 0 Å². The predicted molar refractivity (Wildman–Crippen MR) is 114 cm³/mol. The Morgan fingerprint density at radius 1 is 1.29 bits per heavy atom. The Hall–Kier alpha value is -3.07. The first-order chi connectivity index (χ1) is 15.0. The number of aromatic nitrogens is 2. The highest BCUT2D eigenvalue weighted by Crippen LogP contribution is 2.42. The number of morpholine rings is 1. The fraction of sp³-hybridized carbons (Fsp3) is 0.500. The van der Waals surface area contributed by atoms with Crippen LogP contribution in [0.3, 0.4) is 0 Å². The van der Waals surface area contributed by atoms with Gasteiger partial charge in [-0.25, -0.2) is 0 Å². The van der Waals surface area contributed by atoms with E-state index in [9.17, 15) is 9.59 Å². The molecule has 166 valence electrons. The number of amides is 2. The van der Waals surface area contributed by atoms with E-state index in [1.807, 2.05) is 12.1 Å². The molecule has 1 unspecified atom stereocenters. The van der Waals surface area contributed by atoms with Gasteiger partial charge in [0.25, 0.3) is 5.91 Å². The summed E-state index contributed by atoms with van der Waals surface area (Å²) in [5.41, 5.74) is 2.95. The maximum absolute atomic E-state index is 12.4. The van der Waals surface area contributed by atoms with Gasteiger partial charge in [0, 0.05) is 36.7 Å². The van der Waals surface area contributed by atoms with Crippen molar-refractivity contribution in [3.63, 3.8) is 0 Å². The van der Waals surface area contributed by atoms with E-state index in [0.29, 0.717) is 50.0 Å². The molecule has 31 heavy (non-hydrogen) atoms. The standard InChI is InChI=1S/C22H28N4O5/c1-13(2)21-20-15(11-18(27)23-22(20)25-24-21)14-4-5-16(17(10-14)29-3)31-12-19(28)26-6-8-30-9-7-26/h4-5,10,13,15H,6-9,11-12H2,1-3H3,(H2,23,24,25,27). The van der Waals surface area contributed by atoms with Gasteiger partial charge in [-0.2, -0.15) is 5.10 Å². The molecule has 0 saturated carbocycles. The summed E-state index contributed by atoms with van der Waals surface area (Å²) in [6, 6.07) is 5.59. The van der Waals surface area contributed by atoms with Gasteiger partial charge in [0.05, 0.1) is 20.3 Å². The summed E-state index contributed by atoms with van der Waals surface area (Å²) < 4.78 is 16.6. The largest absolute Gasteiger partial charge is 0.493 e. The zero-order chi connectivity index (χ0) is 22.0. The number of hydrogen-bond acceptors (Lipinski definition) is 6. The maximum Gasteiger partial charge on any atom is 0.260 e. The highest BCUT2D eigenvalue weighted by molar-refractivity contribution is 5.94. The van der Waals surface area contributed by atoms with Crippen molar-refractivity contribution in [1.82, 2.24) is 15.1 Å². The minimum absolute atomic E-state index is 0.0646. The monoisotopic (exact) mass is 428 g/mol. The van der Waals surface area contributed by atoms with Crippen molar-refractivity contribution in [2.24, 2.45) is 0 Å². The number of benzene rings is 1. The number of ether oxygens (including phenoxy) is 3. The van der Waals surface area contributed by atoms with Crippen molar-refractivity contribution >= 4 is 17.6 Å². The number of hydrogen-bond donors (Lipinski definition) is 2. The zero-order valence-electron chi connectivity index (χ0n) is 18.1. The summed E-state index contributed by atoms with van der Waals surface area (Å²) in [6.45, 7) is 6.36. The van der Waals surface area contributed by atoms with Gasteiger partial charge in [0.15, 0.2) is 23.9 Å². The molecular formula is C22H28N4O5. The summed E-state index contributed by atoms with van der Waals surface area (Å²) in [4.78, 5) is 26.4. The first kappa shape index (κ1) is 21.2. The molecule has 9 heteroatoms. The first-order valence-corrected chi connectivity index (χ1v) is 10.5. The van der Waals surface area contributed by atoms with Crippen LogP contribution in [0, 0.1) is 0 Å². The highest BCUT2D eigenvalue weighted by atomic mass is 16.5. The quantitative estimate of drug-likeness (QED) is 0.731. The third-order valence-corrected chi connectivity index (χ3v) is 5.71. The molecule has 1 fully saturated rings. The van der Waals surface area contributed by atoms with Gasteiger partial charge >= 0.3 is 0 Å². The molecule has 3 heterocycles. The molecule has 0 aliphatic carbocycles. The fourth-order valence-electron chi connectivity index (χ4n) is 4.07. The lowest BCUT2D eigenvalue weighted by Gasteiger charge is -2.27. The van der Waals surface area contributed by atoms with E-state index in [1.165, 1.54) is 0 Å². The smallest absolute Gasteiger partial charge is 0.260 e. The maximum atomic E-state index is 12.4. The molecule has 2 N–H and O–H groups in total. The van der Waals surface area contributed by atoms with Crippen LogP contribution in [0.1, 0.15) is 48.9 Å². The van der Waals surface area contributed by atoms with Crippen molar-refractivity contribution in [2.45, 2.75) is 32.1 Å². The van der Waals surface area contributed by atoms with Crippen LogP contribution < -0.4 is 14.8 Å². The Bertz CT molecular complexity index is 965. The molecular weight excluding hydrogens is 400 g/mol. The van der Waals surface area contributed by atoms with Gasteiger partial charge in [-0.05, 0) is 23.6 Å². The van der Waals surface area contributed by atoms with Crippen molar-refractivity contribution in [3.8, 4) is 11.5 Å². The van der Waals surface area contributed by atoms with Gasteiger partial charge in [-0.15, -0.1) is 0 Å². The zero-order valence-corrected chi connectivity index (χ0v) is 18.1. The lowest BCUT2D eigenvalue weighted by Crippen LogP contribution is -2.43. The van der Waals surface area contributed by atoms with E-state index >= 15 is 0 Å². The molecule has 2 amide bonds. The van der Waals surface area contributed by atoms with Crippen LogP contribution in [0.15, 0.2) is 18.2 Å². The summed E-state index contributed by atoms with van der Waals surface area (Å²) in [5, 5.41) is 10.2. The molecule has 4 rings (SSSR count). The SMILES string of the molecule is COc1cc(C2CC(=O)Nc3n[nH]c(C(C)C)c32)ccc1OCC(=O)N1CCOCC1. The topological polar surface area (TPSA) is 106 Å². The van der Waals surface area contributed by atoms with Crippen molar-refractivity contribution < 1.29 is 23.8 Å². The minimum Gasteiger partial charge on any atom is -0.493 e. The fourth-order valence-corrected chi connectivity index (χ4v) is 4.07. The second-order valence-corrected chi connectivity index (χ2v) is 8.05. The molecule has 0 bridgehead atoms. The number of anilines is 1. The molecule has 0 radical (unpaired) electrons. The molecule has 2 aliphatic rings. The average molecular weight is 428 g/mol. The van der Waals surface area contributed by atoms with Gasteiger partial charge in [0.2, 0.25) is 5.91 Å². The number of carbonyl (C=O) groups excluding carboxylic acids is 2. The molecule has 0 spiro atoms. The van der Waals surface area contributed by atoms with Gasteiger partial charge in [-0.1, -0.05) is 19.9 Å². The molecule has 9 nitrogen and oxygen atoms in total. The average Bonchev–Trinajstić information content (AvgIpc) is 3.21. The van der Waals surface area contributed by atoms with E-state index in [2.05, 4.69) is 29.4 Å². The summed E-state index contributed by atoms with van der Waals surface area (Å²) >= 11 is 0. The minimum atomic E-state index is -0.141. The third kappa shape index (κ3) is 4.36. The van der Waals surface area contributed by atoms with Crippen molar-refractivity contribution in [3.05, 3.63) is 35.0 Å².